The summed E-state index contributed by atoms with van der Waals surface area (Å²) >= 11 is 0. The Kier molecular flexibility index (Phi) is 4.41. The zero-order valence-corrected chi connectivity index (χ0v) is 10.5. The van der Waals surface area contributed by atoms with E-state index in [1.165, 1.54) is 19.3 Å². The van der Waals surface area contributed by atoms with Crippen molar-refractivity contribution in [2.75, 3.05) is 0 Å². The lowest BCUT2D eigenvalue weighted by Crippen LogP contribution is -2.27. The molecule has 1 saturated carbocycles. The Hall–Kier alpha value is -1.75. The first-order valence-corrected chi connectivity index (χ1v) is 6.53. The predicted molar refractivity (Wildman–Crippen MR) is 71.1 cm³/mol. The summed E-state index contributed by atoms with van der Waals surface area (Å²) in [5, 5.41) is 0. The lowest BCUT2D eigenvalue weighted by atomic mass is 9.85. The van der Waals surface area contributed by atoms with Gasteiger partial charge in [0, 0.05) is 5.92 Å². The molecule has 0 aliphatic heterocycles. The first-order valence-electron chi connectivity index (χ1n) is 6.53. The van der Waals surface area contributed by atoms with E-state index in [1.54, 1.807) is 12.1 Å². The number of terminal acetylenes is 1. The second kappa shape index (κ2) is 6.26. The molecule has 0 N–H and O–H groups in total. The average Bonchev–Trinajstić information content (AvgIpc) is 2.46. The first-order chi connectivity index (χ1) is 8.81. The Morgan fingerprint density at radius 1 is 1.22 bits per heavy atom. The van der Waals surface area contributed by atoms with Crippen molar-refractivity contribution < 1.29 is 9.53 Å². The van der Waals surface area contributed by atoms with Gasteiger partial charge in [-0.1, -0.05) is 43.4 Å². The second-order valence-electron chi connectivity index (χ2n) is 4.76. The zero-order chi connectivity index (χ0) is 12.8. The van der Waals surface area contributed by atoms with Crippen LogP contribution in [0.5, 0.6) is 0 Å². The molecular formula is C16H18O2. The highest BCUT2D eigenvalue weighted by molar-refractivity contribution is 5.89. The highest BCUT2D eigenvalue weighted by atomic mass is 16.5. The molecule has 0 saturated heterocycles. The van der Waals surface area contributed by atoms with Gasteiger partial charge in [-0.05, 0) is 25.0 Å². The van der Waals surface area contributed by atoms with E-state index in [0.29, 0.717) is 11.5 Å². The molecule has 1 unspecified atom stereocenters. The molecule has 18 heavy (non-hydrogen) atoms. The van der Waals surface area contributed by atoms with E-state index in [0.717, 1.165) is 12.8 Å². The number of benzene rings is 1. The Morgan fingerprint density at radius 3 is 2.50 bits per heavy atom. The van der Waals surface area contributed by atoms with E-state index in [4.69, 9.17) is 11.2 Å². The van der Waals surface area contributed by atoms with Gasteiger partial charge in [0.2, 0.25) is 0 Å². The Morgan fingerprint density at radius 2 is 1.89 bits per heavy atom. The molecule has 1 aliphatic rings. The lowest BCUT2D eigenvalue weighted by molar-refractivity contribution is 0.0252. The molecule has 1 atom stereocenters. The van der Waals surface area contributed by atoms with Crippen molar-refractivity contribution in [1.29, 1.82) is 0 Å². The first kappa shape index (κ1) is 12.7. The van der Waals surface area contributed by atoms with Crippen LogP contribution < -0.4 is 0 Å². The van der Waals surface area contributed by atoms with Crippen LogP contribution in [0.15, 0.2) is 30.3 Å². The highest BCUT2D eigenvalue weighted by Crippen LogP contribution is 2.28. The summed E-state index contributed by atoms with van der Waals surface area (Å²) in [5.41, 5.74) is 0.563. The maximum atomic E-state index is 11.9. The van der Waals surface area contributed by atoms with E-state index < -0.39 is 0 Å². The lowest BCUT2D eigenvalue weighted by Gasteiger charge is -2.26. The molecule has 1 fully saturated rings. The summed E-state index contributed by atoms with van der Waals surface area (Å²) in [6.45, 7) is 0. The molecule has 94 valence electrons. The Labute approximate surface area is 108 Å². The van der Waals surface area contributed by atoms with Crippen LogP contribution in [-0.4, -0.2) is 12.1 Å². The number of carbonyl (C=O) groups is 1. The summed E-state index contributed by atoms with van der Waals surface area (Å²) in [4.78, 5) is 11.9. The molecule has 0 amide bonds. The fraction of sp³-hybridized carbons (Fsp3) is 0.438. The summed E-state index contributed by atoms with van der Waals surface area (Å²) < 4.78 is 5.45. The topological polar surface area (TPSA) is 26.3 Å². The molecule has 1 aromatic carbocycles. The fourth-order valence-corrected chi connectivity index (χ4v) is 2.46. The van der Waals surface area contributed by atoms with Gasteiger partial charge in [-0.25, -0.2) is 4.79 Å². The van der Waals surface area contributed by atoms with Gasteiger partial charge in [-0.15, -0.1) is 6.42 Å². The van der Waals surface area contributed by atoms with Crippen LogP contribution in [-0.2, 0) is 4.74 Å². The maximum absolute atomic E-state index is 11.9. The van der Waals surface area contributed by atoms with Gasteiger partial charge in [0.15, 0.2) is 6.10 Å². The van der Waals surface area contributed by atoms with E-state index in [2.05, 4.69) is 5.92 Å². The molecule has 0 radical (unpaired) electrons. The van der Waals surface area contributed by atoms with Gasteiger partial charge in [-0.2, -0.15) is 0 Å². The minimum absolute atomic E-state index is 0.316. The van der Waals surface area contributed by atoms with Gasteiger partial charge in [0.05, 0.1) is 5.56 Å². The number of hydrogen-bond acceptors (Lipinski definition) is 2. The van der Waals surface area contributed by atoms with Gasteiger partial charge >= 0.3 is 5.97 Å². The molecule has 0 heterocycles. The molecule has 1 aromatic rings. The van der Waals surface area contributed by atoms with Gasteiger partial charge in [0.1, 0.15) is 0 Å². The smallest absolute Gasteiger partial charge is 0.339 e. The van der Waals surface area contributed by atoms with Crippen LogP contribution >= 0.6 is 0 Å². The number of rotatable bonds is 3. The van der Waals surface area contributed by atoms with Crippen molar-refractivity contribution in [3.63, 3.8) is 0 Å². The molecule has 2 nitrogen and oxygen atoms in total. The van der Waals surface area contributed by atoms with Crippen LogP contribution in [0.1, 0.15) is 42.5 Å². The van der Waals surface area contributed by atoms with E-state index in [-0.39, 0.29) is 12.1 Å². The van der Waals surface area contributed by atoms with Crippen molar-refractivity contribution in [2.24, 2.45) is 5.92 Å². The van der Waals surface area contributed by atoms with E-state index in [1.807, 2.05) is 18.2 Å². The molecule has 2 rings (SSSR count). The average molecular weight is 242 g/mol. The van der Waals surface area contributed by atoms with Crippen LogP contribution in [0.25, 0.3) is 0 Å². The van der Waals surface area contributed by atoms with E-state index in [9.17, 15) is 4.79 Å². The predicted octanol–water partition coefficient (Wildman–Crippen LogP) is 3.43. The Balaban J connectivity index is 1.98. The third-order valence-electron chi connectivity index (χ3n) is 3.49. The largest absolute Gasteiger partial charge is 0.445 e. The van der Waals surface area contributed by atoms with Crippen molar-refractivity contribution in [1.82, 2.24) is 0 Å². The summed E-state index contributed by atoms with van der Waals surface area (Å²) in [7, 11) is 0. The zero-order valence-electron chi connectivity index (χ0n) is 10.5. The monoisotopic (exact) mass is 242 g/mol. The standard InChI is InChI=1S/C16H18O2/c1-2-15(13-9-5-3-6-10-13)18-16(17)14-11-7-4-8-12-14/h1,4,7-8,11-13,15H,3,5-6,9-10H2. The number of carbonyl (C=O) groups excluding carboxylic acids is 1. The molecule has 0 bridgehead atoms. The van der Waals surface area contributed by atoms with Crippen molar-refractivity contribution in [3.05, 3.63) is 35.9 Å². The van der Waals surface area contributed by atoms with Gasteiger partial charge in [0.25, 0.3) is 0 Å². The molecule has 0 aromatic heterocycles. The summed E-state index contributed by atoms with van der Waals surface area (Å²) in [6, 6.07) is 9.01. The Bertz CT molecular complexity index is 424. The van der Waals surface area contributed by atoms with Crippen LogP contribution in [0.3, 0.4) is 0 Å². The van der Waals surface area contributed by atoms with Crippen LogP contribution in [0.2, 0.25) is 0 Å². The van der Waals surface area contributed by atoms with Crippen molar-refractivity contribution in [3.8, 4) is 12.3 Å². The third kappa shape index (κ3) is 3.13. The molecular weight excluding hydrogens is 224 g/mol. The molecule has 2 heteroatoms. The second-order valence-corrected chi connectivity index (χ2v) is 4.76. The van der Waals surface area contributed by atoms with Crippen LogP contribution in [0, 0.1) is 18.3 Å². The molecule has 1 aliphatic carbocycles. The molecule has 0 spiro atoms. The number of ether oxygens (including phenoxy) is 1. The summed E-state index contributed by atoms with van der Waals surface area (Å²) in [6.07, 6.45) is 10.9. The van der Waals surface area contributed by atoms with E-state index >= 15 is 0 Å². The third-order valence-corrected chi connectivity index (χ3v) is 3.49. The maximum Gasteiger partial charge on any atom is 0.339 e. The van der Waals surface area contributed by atoms with Crippen LogP contribution in [0.4, 0.5) is 0 Å². The highest BCUT2D eigenvalue weighted by Gasteiger charge is 2.25. The minimum Gasteiger partial charge on any atom is -0.445 e. The normalized spacial score (nSPS) is 17.7. The summed E-state index contributed by atoms with van der Waals surface area (Å²) in [5.74, 6) is 2.64. The SMILES string of the molecule is C#CC(OC(=O)c1ccccc1)C1CCCCC1. The minimum atomic E-state index is -0.377. The quantitative estimate of drug-likeness (QED) is 0.599. The van der Waals surface area contributed by atoms with Gasteiger partial charge in [-0.3, -0.25) is 0 Å². The van der Waals surface area contributed by atoms with Crippen molar-refractivity contribution >= 4 is 5.97 Å². The number of hydrogen-bond donors (Lipinski definition) is 0. The number of esters is 1. The fourth-order valence-electron chi connectivity index (χ4n) is 2.46. The van der Waals surface area contributed by atoms with Crippen molar-refractivity contribution in [2.45, 2.75) is 38.2 Å². The van der Waals surface area contributed by atoms with Gasteiger partial charge < -0.3 is 4.74 Å².